The topological polar surface area (TPSA) is 20.2 Å². The minimum absolute atomic E-state index is 0.414. The highest BCUT2D eigenvalue weighted by molar-refractivity contribution is 5.37. The van der Waals surface area contributed by atoms with Gasteiger partial charge in [-0.3, -0.25) is 0 Å². The standard InChI is InChI=1S/C8H10O.C4H10.2C2H6/c1-6-4-3-5-7(2)8(6)9;1-3-4-2;2*1-2/h3-5,9H,1-2H3;3-4H2,1-2H3;2*1-2H3. The normalized spacial score (nSPS) is 7.53. The summed E-state index contributed by atoms with van der Waals surface area (Å²) in [5.74, 6) is 0.414. The predicted molar refractivity (Wildman–Crippen MR) is 80.9 cm³/mol. The summed E-state index contributed by atoms with van der Waals surface area (Å²) in [6.07, 6.45) is 2.64. The number of para-hydroxylation sites is 1. The molecule has 0 unspecified atom stereocenters. The number of hydrogen-bond acceptors (Lipinski definition) is 1. The zero-order chi connectivity index (χ0) is 14.3. The highest BCUT2D eigenvalue weighted by Gasteiger charge is 1.95. The van der Waals surface area contributed by atoms with Crippen LogP contribution in [0.15, 0.2) is 18.2 Å². The van der Waals surface area contributed by atoms with Gasteiger partial charge >= 0.3 is 0 Å². The van der Waals surface area contributed by atoms with Gasteiger partial charge in [-0.15, -0.1) is 0 Å². The smallest absolute Gasteiger partial charge is 0.121 e. The third kappa shape index (κ3) is 13.0. The van der Waals surface area contributed by atoms with Gasteiger partial charge < -0.3 is 5.11 Å². The number of rotatable bonds is 1. The summed E-state index contributed by atoms with van der Waals surface area (Å²) < 4.78 is 0. The van der Waals surface area contributed by atoms with Crippen molar-refractivity contribution in [2.24, 2.45) is 0 Å². The molecule has 102 valence electrons. The Kier molecular flexibility index (Phi) is 21.8. The Labute approximate surface area is 109 Å². The van der Waals surface area contributed by atoms with E-state index in [1.165, 1.54) is 12.8 Å². The summed E-state index contributed by atoms with van der Waals surface area (Å²) >= 11 is 0. The predicted octanol–water partition coefficient (Wildman–Crippen LogP) is 5.87. The maximum Gasteiger partial charge on any atom is 0.121 e. The molecule has 0 bridgehead atoms. The summed E-state index contributed by atoms with van der Waals surface area (Å²) in [6.45, 7) is 16.1. The number of hydrogen-bond donors (Lipinski definition) is 1. The molecule has 0 amide bonds. The lowest BCUT2D eigenvalue weighted by molar-refractivity contribution is 0.467. The lowest BCUT2D eigenvalue weighted by Gasteiger charge is -1.99. The van der Waals surface area contributed by atoms with Crippen LogP contribution in [0, 0.1) is 13.8 Å². The zero-order valence-electron chi connectivity index (χ0n) is 13.1. The largest absolute Gasteiger partial charge is 0.507 e. The molecule has 0 aromatic heterocycles. The van der Waals surface area contributed by atoms with Crippen molar-refractivity contribution in [2.75, 3.05) is 0 Å². The van der Waals surface area contributed by atoms with E-state index in [0.29, 0.717) is 5.75 Å². The molecule has 0 aliphatic heterocycles. The Balaban J connectivity index is -0.000000208. The highest BCUT2D eigenvalue weighted by Crippen LogP contribution is 2.19. The molecular weight excluding hydrogens is 208 g/mol. The van der Waals surface area contributed by atoms with Crippen LogP contribution in [-0.2, 0) is 0 Å². The van der Waals surface area contributed by atoms with Crippen molar-refractivity contribution in [3.05, 3.63) is 29.3 Å². The summed E-state index contributed by atoms with van der Waals surface area (Å²) in [4.78, 5) is 0. The second-order valence-electron chi connectivity index (χ2n) is 3.24. The SMILES string of the molecule is CC.CC.CCCC.Cc1cccc(C)c1O. The van der Waals surface area contributed by atoms with Crippen molar-refractivity contribution < 1.29 is 5.11 Å². The van der Waals surface area contributed by atoms with Gasteiger partial charge in [-0.05, 0) is 25.0 Å². The minimum Gasteiger partial charge on any atom is -0.507 e. The van der Waals surface area contributed by atoms with Gasteiger partial charge in [-0.1, -0.05) is 72.6 Å². The number of phenolic OH excluding ortho intramolecular Hbond substituents is 1. The van der Waals surface area contributed by atoms with Crippen LogP contribution in [0.5, 0.6) is 5.75 Å². The van der Waals surface area contributed by atoms with Gasteiger partial charge in [0.15, 0.2) is 0 Å². The molecule has 0 atom stereocenters. The van der Waals surface area contributed by atoms with Crippen molar-refractivity contribution in [3.63, 3.8) is 0 Å². The fraction of sp³-hybridized carbons (Fsp3) is 0.625. The highest BCUT2D eigenvalue weighted by atomic mass is 16.3. The summed E-state index contributed by atoms with van der Waals surface area (Å²) in [5, 5.41) is 9.21. The molecule has 17 heavy (non-hydrogen) atoms. The molecular formula is C16H32O. The van der Waals surface area contributed by atoms with Gasteiger partial charge in [0.2, 0.25) is 0 Å². The molecule has 0 radical (unpaired) electrons. The van der Waals surface area contributed by atoms with Crippen LogP contribution in [0.1, 0.15) is 65.5 Å². The van der Waals surface area contributed by atoms with E-state index < -0.39 is 0 Å². The van der Waals surface area contributed by atoms with E-state index in [1.807, 2.05) is 59.7 Å². The maximum absolute atomic E-state index is 9.21. The van der Waals surface area contributed by atoms with Gasteiger partial charge in [0.1, 0.15) is 5.75 Å². The molecule has 0 aliphatic rings. The van der Waals surface area contributed by atoms with Crippen molar-refractivity contribution in [2.45, 2.75) is 68.2 Å². The summed E-state index contributed by atoms with van der Waals surface area (Å²) in [5.41, 5.74) is 1.88. The first-order chi connectivity index (χ1) is 8.13. The number of aryl methyl sites for hydroxylation is 2. The van der Waals surface area contributed by atoms with Crippen LogP contribution in [-0.4, -0.2) is 5.11 Å². The molecule has 1 aromatic carbocycles. The zero-order valence-corrected chi connectivity index (χ0v) is 13.1. The lowest BCUT2D eigenvalue weighted by Crippen LogP contribution is -1.76. The van der Waals surface area contributed by atoms with E-state index in [9.17, 15) is 5.11 Å². The fourth-order valence-corrected chi connectivity index (χ4v) is 0.806. The van der Waals surface area contributed by atoms with E-state index in [0.717, 1.165) is 11.1 Å². The van der Waals surface area contributed by atoms with Crippen LogP contribution < -0.4 is 0 Å². The number of unbranched alkanes of at least 4 members (excludes halogenated alkanes) is 1. The Morgan fingerprint density at radius 3 is 1.29 bits per heavy atom. The molecule has 0 spiro atoms. The van der Waals surface area contributed by atoms with E-state index in [1.54, 1.807) is 0 Å². The van der Waals surface area contributed by atoms with Crippen LogP contribution in [0.25, 0.3) is 0 Å². The Morgan fingerprint density at radius 1 is 0.824 bits per heavy atom. The third-order valence-electron chi connectivity index (χ3n) is 1.94. The average Bonchev–Trinajstić information content (AvgIpc) is 2.41. The first kappa shape index (κ1) is 21.3. The van der Waals surface area contributed by atoms with Crippen LogP contribution in [0.4, 0.5) is 0 Å². The van der Waals surface area contributed by atoms with Gasteiger partial charge in [-0.2, -0.15) is 0 Å². The van der Waals surface area contributed by atoms with E-state index >= 15 is 0 Å². The number of benzene rings is 1. The Bertz CT molecular complexity index is 219. The second kappa shape index (κ2) is 17.4. The molecule has 1 heteroatoms. The Morgan fingerprint density at radius 2 is 1.12 bits per heavy atom. The lowest BCUT2D eigenvalue weighted by atomic mass is 10.1. The number of aromatic hydroxyl groups is 1. The van der Waals surface area contributed by atoms with Gasteiger partial charge in [0.25, 0.3) is 0 Å². The Hall–Kier alpha value is -0.980. The monoisotopic (exact) mass is 240 g/mol. The molecule has 1 N–H and O–H groups in total. The molecule has 0 heterocycles. The molecule has 0 saturated heterocycles. The van der Waals surface area contributed by atoms with Crippen LogP contribution in [0.3, 0.4) is 0 Å². The molecule has 0 fully saturated rings. The first-order valence-electron chi connectivity index (χ1n) is 6.88. The van der Waals surface area contributed by atoms with Gasteiger partial charge in [0, 0.05) is 0 Å². The third-order valence-corrected chi connectivity index (χ3v) is 1.94. The van der Waals surface area contributed by atoms with Crippen molar-refractivity contribution >= 4 is 0 Å². The van der Waals surface area contributed by atoms with Crippen molar-refractivity contribution in [1.82, 2.24) is 0 Å². The second-order valence-corrected chi connectivity index (χ2v) is 3.24. The van der Waals surface area contributed by atoms with Crippen molar-refractivity contribution in [1.29, 1.82) is 0 Å². The first-order valence-corrected chi connectivity index (χ1v) is 6.88. The minimum atomic E-state index is 0.414. The molecule has 1 aromatic rings. The van der Waals surface area contributed by atoms with Crippen molar-refractivity contribution in [3.8, 4) is 5.75 Å². The van der Waals surface area contributed by atoms with Gasteiger partial charge in [-0.25, -0.2) is 0 Å². The summed E-state index contributed by atoms with van der Waals surface area (Å²) in [6, 6.07) is 5.72. The van der Waals surface area contributed by atoms with Gasteiger partial charge in [0.05, 0.1) is 0 Å². The molecule has 0 saturated carbocycles. The van der Waals surface area contributed by atoms with E-state index in [-0.39, 0.29) is 0 Å². The molecule has 0 aliphatic carbocycles. The van der Waals surface area contributed by atoms with E-state index in [2.05, 4.69) is 13.8 Å². The van der Waals surface area contributed by atoms with E-state index in [4.69, 9.17) is 0 Å². The van der Waals surface area contributed by atoms with Crippen LogP contribution in [0.2, 0.25) is 0 Å². The number of phenols is 1. The quantitative estimate of drug-likeness (QED) is 0.651. The molecule has 1 rings (SSSR count). The van der Waals surface area contributed by atoms with Crippen LogP contribution >= 0.6 is 0 Å². The fourth-order valence-electron chi connectivity index (χ4n) is 0.806. The average molecular weight is 240 g/mol. The summed E-state index contributed by atoms with van der Waals surface area (Å²) in [7, 11) is 0. The molecule has 1 nitrogen and oxygen atoms in total. The maximum atomic E-state index is 9.21.